The molecule has 2 aromatic heterocycles. The molecule has 0 bridgehead atoms. The van der Waals surface area contributed by atoms with Crippen LogP contribution in [-0.4, -0.2) is 23.9 Å². The minimum absolute atomic E-state index is 0.0853. The van der Waals surface area contributed by atoms with E-state index in [4.69, 9.17) is 0 Å². The molecule has 0 aliphatic carbocycles. The van der Waals surface area contributed by atoms with Crippen LogP contribution >= 0.6 is 15.9 Å². The minimum atomic E-state index is -3.84. The van der Waals surface area contributed by atoms with Gasteiger partial charge in [-0.1, -0.05) is 20.8 Å². The van der Waals surface area contributed by atoms with Gasteiger partial charge in [0.15, 0.2) is 0 Å². The number of aromatic nitrogens is 2. The monoisotopic (exact) mass is 464 g/mol. The number of halogens is 1. The third-order valence-corrected chi connectivity index (χ3v) is 6.14. The third-order valence-electron chi connectivity index (χ3n) is 4.16. The molecule has 0 spiro atoms. The summed E-state index contributed by atoms with van der Waals surface area (Å²) in [7, 11) is -3.84. The molecule has 148 valence electrons. The van der Waals surface area contributed by atoms with E-state index in [-0.39, 0.29) is 16.2 Å². The molecule has 0 aliphatic rings. The number of hydrogen-bond acceptors (Lipinski definition) is 4. The number of nitrogens with zero attached hydrogens (tertiary/aromatic N) is 2. The average molecular weight is 465 g/mol. The number of carbonyl (C=O) groups is 1. The Labute approximate surface area is 172 Å². The summed E-state index contributed by atoms with van der Waals surface area (Å²) >= 11 is 3.46. The number of carbonyl (C=O) groups excluding carboxylic acids is 1. The summed E-state index contributed by atoms with van der Waals surface area (Å²) in [5.74, 6) is 0.124. The predicted molar refractivity (Wildman–Crippen MR) is 113 cm³/mol. The molecule has 0 unspecified atom stereocenters. The van der Waals surface area contributed by atoms with Crippen molar-refractivity contribution in [1.29, 1.82) is 0 Å². The first-order valence-electron chi connectivity index (χ1n) is 8.55. The molecule has 3 aromatic rings. The first-order valence-corrected chi connectivity index (χ1v) is 10.8. The zero-order chi connectivity index (χ0) is 20.7. The zero-order valence-corrected chi connectivity index (χ0v) is 18.3. The van der Waals surface area contributed by atoms with Crippen molar-refractivity contribution in [2.75, 3.05) is 10.0 Å². The van der Waals surface area contributed by atoms with Crippen LogP contribution in [-0.2, 0) is 20.2 Å². The Hall–Kier alpha value is -2.39. The smallest absolute Gasteiger partial charge is 0.263 e. The van der Waals surface area contributed by atoms with Gasteiger partial charge in [0.05, 0.1) is 21.1 Å². The van der Waals surface area contributed by atoms with Gasteiger partial charge >= 0.3 is 0 Å². The molecule has 0 aliphatic heterocycles. The fourth-order valence-electron chi connectivity index (χ4n) is 2.68. The number of amides is 1. The number of nitrogens with one attached hydrogen (secondary N) is 2. The van der Waals surface area contributed by atoms with E-state index in [1.165, 1.54) is 19.1 Å². The van der Waals surface area contributed by atoms with E-state index in [0.717, 1.165) is 15.6 Å². The van der Waals surface area contributed by atoms with Crippen LogP contribution in [0.2, 0.25) is 0 Å². The summed E-state index contributed by atoms with van der Waals surface area (Å²) in [4.78, 5) is 11.2. The van der Waals surface area contributed by atoms with Gasteiger partial charge in [-0.25, -0.2) is 12.9 Å². The second kappa shape index (κ2) is 7.21. The van der Waals surface area contributed by atoms with Gasteiger partial charge in [-0.2, -0.15) is 5.10 Å². The molecule has 2 heterocycles. The summed E-state index contributed by atoms with van der Waals surface area (Å²) in [5.41, 5.74) is 2.09. The van der Waals surface area contributed by atoms with E-state index >= 15 is 0 Å². The van der Waals surface area contributed by atoms with Crippen LogP contribution in [0.1, 0.15) is 33.3 Å². The Morgan fingerprint density at radius 2 is 1.79 bits per heavy atom. The topological polar surface area (TPSA) is 92.6 Å². The van der Waals surface area contributed by atoms with Crippen LogP contribution in [0.5, 0.6) is 0 Å². The van der Waals surface area contributed by atoms with Crippen LogP contribution in [0.15, 0.2) is 52.0 Å². The van der Waals surface area contributed by atoms with Crippen molar-refractivity contribution in [2.24, 2.45) is 0 Å². The average Bonchev–Trinajstić information content (AvgIpc) is 2.95. The lowest BCUT2D eigenvalue weighted by Gasteiger charge is -2.21. The maximum atomic E-state index is 12.9. The van der Waals surface area contributed by atoms with Crippen LogP contribution in [0, 0.1) is 0 Å². The molecule has 28 heavy (non-hydrogen) atoms. The van der Waals surface area contributed by atoms with Gasteiger partial charge < -0.3 is 5.32 Å². The second-order valence-corrected chi connectivity index (χ2v) is 10.0. The van der Waals surface area contributed by atoms with Crippen molar-refractivity contribution in [1.82, 2.24) is 9.61 Å². The minimum Gasteiger partial charge on any atom is -0.326 e. The highest BCUT2D eigenvalue weighted by atomic mass is 79.9. The Morgan fingerprint density at radius 1 is 1.14 bits per heavy atom. The molecule has 0 atom stereocenters. The molecule has 0 radical (unpaired) electrons. The quantitative estimate of drug-likeness (QED) is 0.606. The van der Waals surface area contributed by atoms with E-state index in [2.05, 4.69) is 51.8 Å². The maximum absolute atomic E-state index is 12.9. The summed E-state index contributed by atoms with van der Waals surface area (Å²) in [6, 6.07) is 9.74. The second-order valence-electron chi connectivity index (χ2n) is 7.48. The Morgan fingerprint density at radius 3 is 2.36 bits per heavy atom. The van der Waals surface area contributed by atoms with Crippen molar-refractivity contribution in [3.05, 3.63) is 52.6 Å². The van der Waals surface area contributed by atoms with Crippen LogP contribution in [0.3, 0.4) is 0 Å². The number of sulfonamides is 1. The van der Waals surface area contributed by atoms with E-state index in [9.17, 15) is 13.2 Å². The first-order chi connectivity index (χ1) is 13.0. The lowest BCUT2D eigenvalue weighted by Crippen LogP contribution is -2.18. The van der Waals surface area contributed by atoms with E-state index in [1.807, 2.05) is 6.07 Å². The highest BCUT2D eigenvalue weighted by Crippen LogP contribution is 2.31. The molecule has 9 heteroatoms. The third kappa shape index (κ3) is 4.20. The van der Waals surface area contributed by atoms with Crippen molar-refractivity contribution in [2.45, 2.75) is 38.0 Å². The molecule has 7 nitrogen and oxygen atoms in total. The molecular formula is C19H21BrN4O3S. The van der Waals surface area contributed by atoms with Crippen molar-refractivity contribution in [3.8, 4) is 0 Å². The number of anilines is 2. The van der Waals surface area contributed by atoms with Gasteiger partial charge in [0, 0.05) is 12.6 Å². The van der Waals surface area contributed by atoms with Crippen molar-refractivity contribution in [3.63, 3.8) is 0 Å². The fourth-order valence-corrected chi connectivity index (χ4v) is 4.09. The SMILES string of the molecule is CC(=O)Nc1ccc(S(=O)(=O)Nc2cc(C(C)(C)C)cc3c(Br)cnn23)cc1. The Bertz CT molecular complexity index is 1150. The lowest BCUT2D eigenvalue weighted by atomic mass is 9.87. The molecule has 3 rings (SSSR count). The number of benzene rings is 1. The highest BCUT2D eigenvalue weighted by molar-refractivity contribution is 9.10. The van der Waals surface area contributed by atoms with Gasteiger partial charge in [-0.15, -0.1) is 0 Å². The van der Waals surface area contributed by atoms with Gasteiger partial charge in [0.25, 0.3) is 10.0 Å². The van der Waals surface area contributed by atoms with Gasteiger partial charge in [0.2, 0.25) is 5.91 Å². The molecule has 0 saturated carbocycles. The maximum Gasteiger partial charge on any atom is 0.263 e. The van der Waals surface area contributed by atoms with E-state index < -0.39 is 10.0 Å². The van der Waals surface area contributed by atoms with Gasteiger partial charge in [-0.3, -0.25) is 9.52 Å². The largest absolute Gasteiger partial charge is 0.326 e. The van der Waals surface area contributed by atoms with Gasteiger partial charge in [0.1, 0.15) is 5.82 Å². The summed E-state index contributed by atoms with van der Waals surface area (Å²) in [6.45, 7) is 7.56. The molecule has 1 amide bonds. The Balaban J connectivity index is 2.02. The molecule has 0 fully saturated rings. The summed E-state index contributed by atoms with van der Waals surface area (Å²) in [6.07, 6.45) is 1.63. The molecule has 2 N–H and O–H groups in total. The van der Waals surface area contributed by atoms with Crippen molar-refractivity contribution < 1.29 is 13.2 Å². The number of pyridine rings is 1. The normalized spacial score (nSPS) is 12.2. The molecular weight excluding hydrogens is 444 g/mol. The summed E-state index contributed by atoms with van der Waals surface area (Å²) < 4.78 is 30.7. The predicted octanol–water partition coefficient (Wildman–Crippen LogP) is 4.15. The van der Waals surface area contributed by atoms with Crippen LogP contribution in [0.25, 0.3) is 5.52 Å². The van der Waals surface area contributed by atoms with E-state index in [0.29, 0.717) is 11.5 Å². The highest BCUT2D eigenvalue weighted by Gasteiger charge is 2.21. The van der Waals surface area contributed by atoms with Crippen LogP contribution < -0.4 is 10.0 Å². The number of fused-ring (bicyclic) bond motifs is 1. The summed E-state index contributed by atoms with van der Waals surface area (Å²) in [5, 5.41) is 6.87. The van der Waals surface area contributed by atoms with E-state index in [1.54, 1.807) is 28.9 Å². The zero-order valence-electron chi connectivity index (χ0n) is 15.9. The fraction of sp³-hybridized carbons (Fsp3) is 0.263. The molecule has 1 aromatic carbocycles. The number of hydrogen-bond donors (Lipinski definition) is 2. The number of rotatable bonds is 4. The Kier molecular flexibility index (Phi) is 5.24. The van der Waals surface area contributed by atoms with Crippen molar-refractivity contribution >= 4 is 48.9 Å². The first kappa shape index (κ1) is 20.3. The van der Waals surface area contributed by atoms with Gasteiger partial charge in [-0.05, 0) is 63.3 Å². The standard InChI is InChI=1S/C19H21BrN4O3S/c1-12(25)22-14-5-7-15(8-6-14)28(26,27)23-18-10-13(19(2,3)4)9-17-16(20)11-21-24(17)18/h5-11,23H,1-4H3,(H,22,25). The molecule has 0 saturated heterocycles. The van der Waals surface area contributed by atoms with Crippen LogP contribution in [0.4, 0.5) is 11.5 Å². The lowest BCUT2D eigenvalue weighted by molar-refractivity contribution is -0.114.